The monoisotopic (exact) mass is 291 g/mol. The molecule has 0 saturated heterocycles. The summed E-state index contributed by atoms with van der Waals surface area (Å²) in [5.41, 5.74) is -1.88. The molecule has 0 unspecified atom stereocenters. The van der Waals surface area contributed by atoms with Gasteiger partial charge in [0.25, 0.3) is 5.91 Å². The largest absolute Gasteiger partial charge is 0.480 e. The van der Waals surface area contributed by atoms with Crippen LogP contribution in [0.1, 0.15) is 22.8 Å². The number of carbonyl (C=O) groups excluding carboxylic acids is 1. The maximum absolute atomic E-state index is 12.7. The first-order valence-corrected chi connectivity index (χ1v) is 5.52. The first-order chi connectivity index (χ1) is 9.14. The molecule has 1 rings (SSSR count). The standard InChI is InChI=1S/C12H12F3NO4/c1-6(17)9(11(19)20)16-10(18)7-4-2-3-5-8(7)12(13,14)15/h2-6,9,17H,1H3,(H,16,18)(H,19,20)/t6-,9+/m1/s1. The van der Waals surface area contributed by atoms with E-state index < -0.39 is 41.3 Å². The second-order valence-electron chi connectivity index (χ2n) is 4.07. The van der Waals surface area contributed by atoms with Gasteiger partial charge in [-0.05, 0) is 19.1 Å². The van der Waals surface area contributed by atoms with Gasteiger partial charge < -0.3 is 15.5 Å². The normalized spacial score (nSPS) is 14.4. The fourth-order valence-electron chi connectivity index (χ4n) is 1.54. The second kappa shape index (κ2) is 5.91. The lowest BCUT2D eigenvalue weighted by Crippen LogP contribution is -2.48. The number of nitrogens with one attached hydrogen (secondary N) is 1. The molecule has 0 aliphatic carbocycles. The molecule has 0 radical (unpaired) electrons. The molecule has 0 bridgehead atoms. The summed E-state index contributed by atoms with van der Waals surface area (Å²) >= 11 is 0. The molecule has 0 aromatic heterocycles. The highest BCUT2D eigenvalue weighted by molar-refractivity contribution is 5.98. The van der Waals surface area contributed by atoms with Gasteiger partial charge in [0, 0.05) is 0 Å². The summed E-state index contributed by atoms with van der Waals surface area (Å²) in [4.78, 5) is 22.5. The van der Waals surface area contributed by atoms with Crippen LogP contribution in [0, 0.1) is 0 Å². The molecule has 0 spiro atoms. The third-order valence-electron chi connectivity index (χ3n) is 2.51. The van der Waals surface area contributed by atoms with Crippen molar-refractivity contribution in [2.45, 2.75) is 25.2 Å². The molecule has 5 nitrogen and oxygen atoms in total. The molecule has 1 aromatic rings. The van der Waals surface area contributed by atoms with E-state index in [1.165, 1.54) is 6.07 Å². The highest BCUT2D eigenvalue weighted by Crippen LogP contribution is 2.31. The lowest BCUT2D eigenvalue weighted by molar-refractivity contribution is -0.141. The van der Waals surface area contributed by atoms with Gasteiger partial charge in [-0.3, -0.25) is 4.79 Å². The second-order valence-corrected chi connectivity index (χ2v) is 4.07. The van der Waals surface area contributed by atoms with Crippen molar-refractivity contribution in [2.75, 3.05) is 0 Å². The average Bonchev–Trinajstić information content (AvgIpc) is 2.33. The van der Waals surface area contributed by atoms with Crippen molar-refractivity contribution in [1.82, 2.24) is 5.32 Å². The average molecular weight is 291 g/mol. The van der Waals surface area contributed by atoms with Gasteiger partial charge >= 0.3 is 12.1 Å². The number of carboxylic acid groups (broad SMARTS) is 1. The molecule has 0 aliphatic rings. The number of carboxylic acids is 1. The zero-order valence-electron chi connectivity index (χ0n) is 10.3. The van der Waals surface area contributed by atoms with E-state index >= 15 is 0 Å². The van der Waals surface area contributed by atoms with Gasteiger partial charge in [-0.2, -0.15) is 13.2 Å². The van der Waals surface area contributed by atoms with Gasteiger partial charge in [-0.15, -0.1) is 0 Å². The number of benzene rings is 1. The fraction of sp³-hybridized carbons (Fsp3) is 0.333. The van der Waals surface area contributed by atoms with E-state index in [9.17, 15) is 27.9 Å². The van der Waals surface area contributed by atoms with Crippen LogP contribution in [0.2, 0.25) is 0 Å². The summed E-state index contributed by atoms with van der Waals surface area (Å²) in [6.07, 6.45) is -6.19. The van der Waals surface area contributed by atoms with Crippen LogP contribution in [0.4, 0.5) is 13.2 Å². The summed E-state index contributed by atoms with van der Waals surface area (Å²) in [6.45, 7) is 1.11. The number of halogens is 3. The van der Waals surface area contributed by atoms with Gasteiger partial charge in [0.05, 0.1) is 17.2 Å². The minimum Gasteiger partial charge on any atom is -0.480 e. The molecule has 0 aliphatic heterocycles. The smallest absolute Gasteiger partial charge is 0.417 e. The van der Waals surface area contributed by atoms with Crippen molar-refractivity contribution < 1.29 is 33.0 Å². The highest BCUT2D eigenvalue weighted by Gasteiger charge is 2.36. The Hall–Kier alpha value is -2.09. The Bertz CT molecular complexity index is 514. The van der Waals surface area contributed by atoms with Crippen LogP contribution in [-0.4, -0.2) is 34.2 Å². The first kappa shape index (κ1) is 16.0. The van der Waals surface area contributed by atoms with Crippen LogP contribution >= 0.6 is 0 Å². The molecule has 20 heavy (non-hydrogen) atoms. The van der Waals surface area contributed by atoms with Gasteiger partial charge in [0.15, 0.2) is 6.04 Å². The maximum Gasteiger partial charge on any atom is 0.417 e. The number of hydrogen-bond acceptors (Lipinski definition) is 3. The molecule has 2 atom stereocenters. The number of amides is 1. The minimum absolute atomic E-state index is 0.702. The summed E-state index contributed by atoms with van der Waals surface area (Å²) in [6, 6.07) is 2.29. The Kier molecular flexibility index (Phi) is 4.72. The van der Waals surface area contributed by atoms with Crippen LogP contribution in [0.15, 0.2) is 24.3 Å². The number of aliphatic hydroxyl groups is 1. The lowest BCUT2D eigenvalue weighted by atomic mass is 10.1. The Morgan fingerprint density at radius 2 is 1.80 bits per heavy atom. The number of rotatable bonds is 4. The quantitative estimate of drug-likeness (QED) is 0.779. The maximum atomic E-state index is 12.7. The zero-order valence-corrected chi connectivity index (χ0v) is 10.3. The van der Waals surface area contributed by atoms with Crippen molar-refractivity contribution >= 4 is 11.9 Å². The van der Waals surface area contributed by atoms with E-state index in [-0.39, 0.29) is 0 Å². The zero-order chi connectivity index (χ0) is 15.5. The topological polar surface area (TPSA) is 86.6 Å². The molecular weight excluding hydrogens is 279 g/mol. The van der Waals surface area contributed by atoms with E-state index in [0.29, 0.717) is 6.07 Å². The minimum atomic E-state index is -4.74. The molecule has 110 valence electrons. The van der Waals surface area contributed by atoms with Crippen LogP contribution in [-0.2, 0) is 11.0 Å². The van der Waals surface area contributed by atoms with Crippen LogP contribution in [0.25, 0.3) is 0 Å². The van der Waals surface area contributed by atoms with Gasteiger partial charge in [0.1, 0.15) is 0 Å². The first-order valence-electron chi connectivity index (χ1n) is 5.52. The Balaban J connectivity index is 3.07. The summed E-state index contributed by atoms with van der Waals surface area (Å²) in [5.74, 6) is -2.76. The number of carbonyl (C=O) groups is 2. The molecular formula is C12H12F3NO4. The number of aliphatic carboxylic acids is 1. The van der Waals surface area contributed by atoms with Crippen molar-refractivity contribution in [2.24, 2.45) is 0 Å². The molecule has 1 amide bonds. The Morgan fingerprint density at radius 1 is 1.25 bits per heavy atom. The molecule has 0 heterocycles. The van der Waals surface area contributed by atoms with Crippen molar-refractivity contribution in [3.8, 4) is 0 Å². The van der Waals surface area contributed by atoms with Crippen LogP contribution in [0.3, 0.4) is 0 Å². The number of hydrogen-bond donors (Lipinski definition) is 3. The van der Waals surface area contributed by atoms with E-state index in [4.69, 9.17) is 5.11 Å². The summed E-state index contributed by atoms with van der Waals surface area (Å²) < 4.78 is 38.2. The van der Waals surface area contributed by atoms with Gasteiger partial charge in [0.2, 0.25) is 0 Å². The fourth-order valence-corrected chi connectivity index (χ4v) is 1.54. The SMILES string of the molecule is C[C@@H](O)[C@H](NC(=O)c1ccccc1C(F)(F)F)C(=O)O. The summed E-state index contributed by atoms with van der Waals surface area (Å²) in [7, 11) is 0. The highest BCUT2D eigenvalue weighted by atomic mass is 19.4. The Morgan fingerprint density at radius 3 is 2.25 bits per heavy atom. The molecule has 0 saturated carbocycles. The predicted molar refractivity (Wildman–Crippen MR) is 62.0 cm³/mol. The number of aliphatic hydroxyl groups excluding tert-OH is 1. The number of alkyl halides is 3. The van der Waals surface area contributed by atoms with E-state index in [0.717, 1.165) is 19.1 Å². The van der Waals surface area contributed by atoms with Crippen molar-refractivity contribution in [3.63, 3.8) is 0 Å². The molecule has 8 heteroatoms. The third kappa shape index (κ3) is 3.70. The van der Waals surface area contributed by atoms with Crippen LogP contribution in [0.5, 0.6) is 0 Å². The van der Waals surface area contributed by atoms with E-state index in [1.807, 2.05) is 5.32 Å². The van der Waals surface area contributed by atoms with E-state index in [1.54, 1.807) is 0 Å². The lowest BCUT2D eigenvalue weighted by Gasteiger charge is -2.18. The van der Waals surface area contributed by atoms with Gasteiger partial charge in [-0.1, -0.05) is 12.1 Å². The molecule has 1 aromatic carbocycles. The molecule has 0 fully saturated rings. The van der Waals surface area contributed by atoms with Crippen molar-refractivity contribution in [1.29, 1.82) is 0 Å². The summed E-state index contributed by atoms with van der Waals surface area (Å²) in [5, 5.41) is 19.8. The van der Waals surface area contributed by atoms with Gasteiger partial charge in [-0.25, -0.2) is 4.79 Å². The Labute approximate surface area is 112 Å². The molecule has 3 N–H and O–H groups in total. The van der Waals surface area contributed by atoms with E-state index in [2.05, 4.69) is 0 Å². The third-order valence-corrected chi connectivity index (χ3v) is 2.51. The van der Waals surface area contributed by atoms with Crippen LogP contribution < -0.4 is 5.32 Å². The van der Waals surface area contributed by atoms with Crippen molar-refractivity contribution in [3.05, 3.63) is 35.4 Å². The predicted octanol–water partition coefficient (Wildman–Crippen LogP) is 1.27.